The first-order valence-electron chi connectivity index (χ1n) is 10.7. The lowest BCUT2D eigenvalue weighted by molar-refractivity contribution is 0.102. The van der Waals surface area contributed by atoms with Crippen LogP contribution in [0.4, 0.5) is 5.88 Å². The van der Waals surface area contributed by atoms with Gasteiger partial charge in [-0.1, -0.05) is 51.1 Å². The van der Waals surface area contributed by atoms with Gasteiger partial charge in [-0.2, -0.15) is 0 Å². The van der Waals surface area contributed by atoms with E-state index in [1.165, 1.54) is 0 Å². The molecule has 6 nitrogen and oxygen atoms in total. The maximum Gasteiger partial charge on any atom is 0.257 e. The molecule has 0 fully saturated rings. The number of rotatable bonds is 3. The van der Waals surface area contributed by atoms with Gasteiger partial charge < -0.3 is 13.9 Å². The summed E-state index contributed by atoms with van der Waals surface area (Å²) in [4.78, 5) is 26.5. The van der Waals surface area contributed by atoms with Gasteiger partial charge in [-0.25, -0.2) is 0 Å². The van der Waals surface area contributed by atoms with Crippen LogP contribution < -0.4 is 20.2 Å². The summed E-state index contributed by atoms with van der Waals surface area (Å²) < 4.78 is 16.9. The molecule has 1 amide bonds. The van der Waals surface area contributed by atoms with E-state index in [-0.39, 0.29) is 35.0 Å². The van der Waals surface area contributed by atoms with Gasteiger partial charge in [-0.15, -0.1) is 0 Å². The molecule has 33 heavy (non-hydrogen) atoms. The molecule has 1 aliphatic heterocycles. The van der Waals surface area contributed by atoms with E-state index in [0.29, 0.717) is 33.6 Å². The normalized spacial score (nSPS) is 12.7. The van der Waals surface area contributed by atoms with Crippen LogP contribution in [0.25, 0.3) is 22.1 Å². The van der Waals surface area contributed by atoms with Crippen LogP contribution in [0.2, 0.25) is 0 Å². The minimum Gasteiger partial charge on any atom is -0.454 e. The highest BCUT2D eigenvalue weighted by Gasteiger charge is 2.22. The third-order valence-electron chi connectivity index (χ3n) is 5.70. The number of hydrogen-bond donors (Lipinski definition) is 1. The zero-order valence-electron chi connectivity index (χ0n) is 18.6. The number of ether oxygens (including phenoxy) is 2. The predicted octanol–water partition coefficient (Wildman–Crippen LogP) is 5.74. The molecular formula is C27H23NO5. The second-order valence-corrected chi connectivity index (χ2v) is 8.98. The van der Waals surface area contributed by atoms with Crippen molar-refractivity contribution < 1.29 is 18.7 Å². The van der Waals surface area contributed by atoms with Crippen LogP contribution in [0.15, 0.2) is 75.9 Å². The molecule has 0 saturated carbocycles. The van der Waals surface area contributed by atoms with Gasteiger partial charge in [0.05, 0.1) is 10.9 Å². The highest BCUT2D eigenvalue weighted by molar-refractivity contribution is 6.06. The first kappa shape index (κ1) is 20.8. The van der Waals surface area contributed by atoms with E-state index >= 15 is 0 Å². The number of para-hydroxylation sites is 1. The number of fused-ring (bicyclic) bond motifs is 2. The van der Waals surface area contributed by atoms with Crippen LogP contribution in [0.5, 0.6) is 11.5 Å². The summed E-state index contributed by atoms with van der Waals surface area (Å²) in [6.45, 7) is 6.47. The molecule has 166 valence electrons. The van der Waals surface area contributed by atoms with Crippen LogP contribution in [-0.4, -0.2) is 12.7 Å². The highest BCUT2D eigenvalue weighted by Crippen LogP contribution is 2.38. The molecule has 0 aliphatic carbocycles. The topological polar surface area (TPSA) is 77.8 Å². The smallest absolute Gasteiger partial charge is 0.257 e. The van der Waals surface area contributed by atoms with Crippen LogP contribution >= 0.6 is 0 Å². The van der Waals surface area contributed by atoms with E-state index in [4.69, 9.17) is 13.9 Å². The predicted molar refractivity (Wildman–Crippen MR) is 127 cm³/mol. The van der Waals surface area contributed by atoms with Gasteiger partial charge in [0, 0.05) is 5.56 Å². The number of nitrogens with one attached hydrogen (secondary N) is 1. The molecule has 5 rings (SSSR count). The van der Waals surface area contributed by atoms with Crippen molar-refractivity contribution in [2.24, 2.45) is 0 Å². The summed E-state index contributed by atoms with van der Waals surface area (Å²) in [5, 5.41) is 3.23. The van der Waals surface area contributed by atoms with Gasteiger partial charge in [0.2, 0.25) is 18.1 Å². The van der Waals surface area contributed by atoms with Crippen molar-refractivity contribution in [2.45, 2.75) is 26.2 Å². The summed E-state index contributed by atoms with van der Waals surface area (Å²) in [5.74, 6) is 0.863. The van der Waals surface area contributed by atoms with Crippen molar-refractivity contribution >= 4 is 22.8 Å². The third-order valence-corrected chi connectivity index (χ3v) is 5.70. The summed E-state index contributed by atoms with van der Waals surface area (Å²) >= 11 is 0. The van der Waals surface area contributed by atoms with E-state index in [2.05, 4.69) is 26.1 Å². The molecule has 0 spiro atoms. The Kier molecular flexibility index (Phi) is 4.93. The van der Waals surface area contributed by atoms with Crippen molar-refractivity contribution in [1.82, 2.24) is 0 Å². The number of amides is 1. The maximum atomic E-state index is 13.4. The molecule has 6 heteroatoms. The lowest BCUT2D eigenvalue weighted by Gasteiger charge is -2.19. The Labute approximate surface area is 190 Å². The Morgan fingerprint density at radius 3 is 2.39 bits per heavy atom. The number of carbonyl (C=O) groups is 1. The summed E-state index contributed by atoms with van der Waals surface area (Å²) in [6, 6.07) is 19.6. The van der Waals surface area contributed by atoms with Gasteiger partial charge in [-0.3, -0.25) is 14.9 Å². The molecule has 0 unspecified atom stereocenters. The Balaban J connectivity index is 1.59. The fraction of sp³-hybridized carbons (Fsp3) is 0.185. The molecule has 0 radical (unpaired) electrons. The number of anilines is 1. The lowest BCUT2D eigenvalue weighted by atomic mass is 9.87. The monoisotopic (exact) mass is 441 g/mol. The molecule has 3 aromatic carbocycles. The van der Waals surface area contributed by atoms with Gasteiger partial charge >= 0.3 is 0 Å². The molecule has 1 aliphatic rings. The largest absolute Gasteiger partial charge is 0.454 e. The van der Waals surface area contributed by atoms with E-state index in [9.17, 15) is 9.59 Å². The SMILES string of the molecule is CC(C)(C)c1ccc(C(=O)Nc2oc3ccccc3c(=O)c2-c2ccc3c(c2)OCO3)cc1. The fourth-order valence-corrected chi connectivity index (χ4v) is 3.84. The van der Waals surface area contributed by atoms with Crippen molar-refractivity contribution in [3.05, 3.63) is 88.1 Å². The standard InChI is InChI=1S/C27H23NO5/c1-27(2,3)18-11-8-16(9-12-18)25(30)28-26-23(17-10-13-21-22(14-17)32-15-31-21)24(29)19-6-4-5-7-20(19)33-26/h4-14H,15H2,1-3H3,(H,28,30). The highest BCUT2D eigenvalue weighted by atomic mass is 16.7. The number of benzene rings is 3. The van der Waals surface area contributed by atoms with Crippen LogP contribution in [-0.2, 0) is 5.41 Å². The molecular weight excluding hydrogens is 418 g/mol. The Bertz CT molecular complexity index is 1430. The van der Waals surface area contributed by atoms with Crippen LogP contribution in [0.3, 0.4) is 0 Å². The molecule has 2 heterocycles. The van der Waals surface area contributed by atoms with Crippen LogP contribution in [0, 0.1) is 0 Å². The van der Waals surface area contributed by atoms with Crippen molar-refractivity contribution in [3.8, 4) is 22.6 Å². The number of carbonyl (C=O) groups excluding carboxylic acids is 1. The average molecular weight is 441 g/mol. The fourth-order valence-electron chi connectivity index (χ4n) is 3.84. The van der Waals surface area contributed by atoms with Crippen molar-refractivity contribution in [3.63, 3.8) is 0 Å². The van der Waals surface area contributed by atoms with E-state index in [1.807, 2.05) is 12.1 Å². The van der Waals surface area contributed by atoms with Crippen molar-refractivity contribution in [2.75, 3.05) is 12.1 Å². The van der Waals surface area contributed by atoms with Crippen molar-refractivity contribution in [1.29, 1.82) is 0 Å². The lowest BCUT2D eigenvalue weighted by Crippen LogP contribution is -2.17. The Hall–Kier alpha value is -4.06. The quantitative estimate of drug-likeness (QED) is 0.439. The third kappa shape index (κ3) is 3.84. The van der Waals surface area contributed by atoms with Gasteiger partial charge in [0.25, 0.3) is 5.91 Å². The summed E-state index contributed by atoms with van der Waals surface area (Å²) in [6.07, 6.45) is 0. The molecule has 0 atom stereocenters. The summed E-state index contributed by atoms with van der Waals surface area (Å²) in [7, 11) is 0. The molecule has 1 N–H and O–H groups in total. The zero-order valence-corrected chi connectivity index (χ0v) is 18.6. The van der Waals surface area contributed by atoms with Crippen LogP contribution in [0.1, 0.15) is 36.7 Å². The molecule has 0 bridgehead atoms. The van der Waals surface area contributed by atoms with E-state index in [1.54, 1.807) is 54.6 Å². The average Bonchev–Trinajstić information content (AvgIpc) is 3.27. The minimum atomic E-state index is -0.365. The Morgan fingerprint density at radius 2 is 1.64 bits per heavy atom. The Morgan fingerprint density at radius 1 is 0.909 bits per heavy atom. The summed E-state index contributed by atoms with van der Waals surface area (Å²) in [5.41, 5.74) is 2.54. The minimum absolute atomic E-state index is 0.0212. The van der Waals surface area contributed by atoms with E-state index < -0.39 is 0 Å². The van der Waals surface area contributed by atoms with Gasteiger partial charge in [-0.05, 0) is 52.9 Å². The zero-order chi connectivity index (χ0) is 23.2. The van der Waals surface area contributed by atoms with Gasteiger partial charge in [0.1, 0.15) is 5.58 Å². The molecule has 1 aromatic heterocycles. The second-order valence-electron chi connectivity index (χ2n) is 8.98. The molecule has 0 saturated heterocycles. The first-order chi connectivity index (χ1) is 15.8. The number of hydrogen-bond acceptors (Lipinski definition) is 5. The first-order valence-corrected chi connectivity index (χ1v) is 10.7. The van der Waals surface area contributed by atoms with Gasteiger partial charge in [0.15, 0.2) is 11.5 Å². The maximum absolute atomic E-state index is 13.4. The molecule has 4 aromatic rings. The second kappa shape index (κ2) is 7.81. The van der Waals surface area contributed by atoms with E-state index in [0.717, 1.165) is 5.56 Å².